The van der Waals surface area contributed by atoms with E-state index in [9.17, 15) is 9.59 Å². The molecule has 1 amide bonds. The molecule has 0 aliphatic rings. The molecule has 124 valence electrons. The highest BCUT2D eigenvalue weighted by Crippen LogP contribution is 2.22. The molecule has 0 saturated carbocycles. The van der Waals surface area contributed by atoms with Crippen LogP contribution in [0, 0.1) is 0 Å². The van der Waals surface area contributed by atoms with Gasteiger partial charge >= 0.3 is 0 Å². The molecule has 1 aromatic carbocycles. The fraction of sp³-hybridized carbons (Fsp3) is 0.188. The Morgan fingerprint density at radius 1 is 1.33 bits per heavy atom. The minimum absolute atomic E-state index is 0.0741. The van der Waals surface area contributed by atoms with Gasteiger partial charge in [-0.2, -0.15) is 0 Å². The van der Waals surface area contributed by atoms with Crippen LogP contribution < -0.4 is 16.0 Å². The number of carbonyl (C=O) groups excluding carboxylic acids is 1. The molecule has 0 bridgehead atoms. The third kappa shape index (κ3) is 3.44. The van der Waals surface area contributed by atoms with E-state index < -0.39 is 5.91 Å². The van der Waals surface area contributed by atoms with E-state index in [4.69, 9.17) is 10.5 Å². The molecule has 0 radical (unpaired) electrons. The lowest BCUT2D eigenvalue weighted by atomic mass is 10.2. The number of amides is 1. The maximum Gasteiger partial charge on any atom is 0.272 e. The average molecular weight is 361 g/mol. The number of thiophene rings is 1. The van der Waals surface area contributed by atoms with E-state index in [2.05, 4.69) is 4.98 Å². The van der Waals surface area contributed by atoms with Crippen molar-refractivity contribution in [3.05, 3.63) is 51.6 Å². The zero-order valence-corrected chi connectivity index (χ0v) is 14.5. The fourth-order valence-corrected chi connectivity index (χ4v) is 3.74. The van der Waals surface area contributed by atoms with Crippen LogP contribution in [0.5, 0.6) is 5.75 Å². The molecular weight excluding hydrogens is 346 g/mol. The summed E-state index contributed by atoms with van der Waals surface area (Å²) < 4.78 is 7.33. The summed E-state index contributed by atoms with van der Waals surface area (Å²) in [5.74, 6) is 0.377. The van der Waals surface area contributed by atoms with Gasteiger partial charge in [0.25, 0.3) is 5.56 Å². The lowest BCUT2D eigenvalue weighted by Crippen LogP contribution is -2.24. The number of nitrogens with two attached hydrogens (primary N) is 1. The first-order valence-corrected chi connectivity index (χ1v) is 8.97. The average Bonchev–Trinajstić information content (AvgIpc) is 3.05. The van der Waals surface area contributed by atoms with E-state index in [1.54, 1.807) is 17.7 Å². The third-order valence-electron chi connectivity index (χ3n) is 3.37. The third-order valence-corrected chi connectivity index (χ3v) is 5.26. The molecule has 0 aliphatic carbocycles. The molecule has 0 spiro atoms. The Morgan fingerprint density at radius 3 is 2.75 bits per heavy atom. The van der Waals surface area contributed by atoms with Crippen molar-refractivity contribution in [2.45, 2.75) is 11.7 Å². The van der Waals surface area contributed by atoms with Crippen LogP contribution in [0.15, 0.2) is 45.7 Å². The van der Waals surface area contributed by atoms with Crippen molar-refractivity contribution < 1.29 is 9.53 Å². The number of hydrogen-bond acceptors (Lipinski definition) is 6. The fourth-order valence-electron chi connectivity index (χ4n) is 2.22. The summed E-state index contributed by atoms with van der Waals surface area (Å²) in [5, 5.41) is 2.32. The second-order valence-electron chi connectivity index (χ2n) is 5.02. The predicted molar refractivity (Wildman–Crippen MR) is 95.9 cm³/mol. The number of thioether (sulfide) groups is 1. The number of fused-ring (bicyclic) bond motifs is 1. The van der Waals surface area contributed by atoms with E-state index in [1.165, 1.54) is 23.1 Å². The number of nitrogens with zero attached hydrogens (tertiary/aromatic N) is 2. The van der Waals surface area contributed by atoms with Crippen LogP contribution in [-0.4, -0.2) is 28.3 Å². The van der Waals surface area contributed by atoms with Crippen LogP contribution in [-0.2, 0) is 11.3 Å². The molecule has 8 heteroatoms. The molecule has 2 aromatic heterocycles. The van der Waals surface area contributed by atoms with Crippen molar-refractivity contribution in [1.29, 1.82) is 0 Å². The summed E-state index contributed by atoms with van der Waals surface area (Å²) in [7, 11) is 1.60. The summed E-state index contributed by atoms with van der Waals surface area (Å²) >= 11 is 2.53. The Kier molecular flexibility index (Phi) is 4.86. The van der Waals surface area contributed by atoms with Gasteiger partial charge in [0.05, 0.1) is 24.9 Å². The molecule has 0 saturated heterocycles. The largest absolute Gasteiger partial charge is 0.497 e. The van der Waals surface area contributed by atoms with Gasteiger partial charge < -0.3 is 10.5 Å². The summed E-state index contributed by atoms with van der Waals surface area (Å²) in [4.78, 5) is 28.3. The van der Waals surface area contributed by atoms with E-state index in [-0.39, 0.29) is 11.3 Å². The van der Waals surface area contributed by atoms with Crippen molar-refractivity contribution in [3.63, 3.8) is 0 Å². The van der Waals surface area contributed by atoms with Crippen LogP contribution in [0.4, 0.5) is 0 Å². The van der Waals surface area contributed by atoms with Crippen LogP contribution in [0.25, 0.3) is 10.2 Å². The van der Waals surface area contributed by atoms with Crippen molar-refractivity contribution in [3.8, 4) is 5.75 Å². The Labute approximate surface area is 146 Å². The van der Waals surface area contributed by atoms with Gasteiger partial charge in [0.1, 0.15) is 10.4 Å². The predicted octanol–water partition coefficient (Wildman–Crippen LogP) is 2.09. The second-order valence-corrected chi connectivity index (χ2v) is 6.88. The van der Waals surface area contributed by atoms with Crippen molar-refractivity contribution in [1.82, 2.24) is 9.55 Å². The number of hydrogen-bond donors (Lipinski definition) is 1. The number of rotatable bonds is 6. The van der Waals surface area contributed by atoms with Crippen LogP contribution in [0.2, 0.25) is 0 Å². The zero-order valence-electron chi connectivity index (χ0n) is 12.9. The number of methoxy groups -OCH3 is 1. The Morgan fingerprint density at radius 2 is 2.08 bits per heavy atom. The lowest BCUT2D eigenvalue weighted by molar-refractivity contribution is -0.115. The van der Waals surface area contributed by atoms with Crippen molar-refractivity contribution in [2.24, 2.45) is 5.73 Å². The number of ether oxygens (including phenoxy) is 1. The standard InChI is InChI=1S/C16H15N3O3S2/c1-22-11-4-2-10(3-5-11)8-19-15(21)14-12(6-7-23-14)18-16(19)24-9-13(17)20/h2-7H,8-9H2,1H3,(H2,17,20). The minimum Gasteiger partial charge on any atom is -0.497 e. The van der Waals surface area contributed by atoms with Crippen LogP contribution >= 0.6 is 23.1 Å². The van der Waals surface area contributed by atoms with Gasteiger partial charge in [-0.05, 0) is 29.1 Å². The number of carbonyl (C=O) groups is 1. The number of aromatic nitrogens is 2. The Balaban J connectivity index is 2.02. The summed E-state index contributed by atoms with van der Waals surface area (Å²) in [6.45, 7) is 0.366. The molecule has 0 aliphatic heterocycles. The van der Waals surface area contributed by atoms with Gasteiger partial charge in [-0.1, -0.05) is 23.9 Å². The number of benzene rings is 1. The molecule has 2 N–H and O–H groups in total. The molecule has 24 heavy (non-hydrogen) atoms. The highest BCUT2D eigenvalue weighted by Gasteiger charge is 2.14. The van der Waals surface area contributed by atoms with Gasteiger partial charge in [-0.25, -0.2) is 4.98 Å². The molecule has 0 unspecified atom stereocenters. The highest BCUT2D eigenvalue weighted by atomic mass is 32.2. The zero-order chi connectivity index (χ0) is 17.1. The van der Waals surface area contributed by atoms with Gasteiger partial charge in [0.15, 0.2) is 5.16 Å². The maximum absolute atomic E-state index is 12.8. The van der Waals surface area contributed by atoms with Gasteiger partial charge in [-0.3, -0.25) is 14.2 Å². The minimum atomic E-state index is -0.448. The first kappa shape index (κ1) is 16.5. The van der Waals surface area contributed by atoms with Crippen LogP contribution in [0.3, 0.4) is 0 Å². The molecule has 0 fully saturated rings. The second kappa shape index (κ2) is 7.06. The summed E-state index contributed by atoms with van der Waals surface area (Å²) in [6, 6.07) is 9.27. The maximum atomic E-state index is 12.8. The van der Waals surface area contributed by atoms with Gasteiger partial charge in [0, 0.05) is 0 Å². The van der Waals surface area contributed by atoms with Gasteiger partial charge in [-0.15, -0.1) is 11.3 Å². The molecular formula is C16H15N3O3S2. The normalized spacial score (nSPS) is 10.9. The van der Waals surface area contributed by atoms with Crippen molar-refractivity contribution in [2.75, 3.05) is 12.9 Å². The van der Waals surface area contributed by atoms with E-state index in [0.717, 1.165) is 11.3 Å². The molecule has 6 nitrogen and oxygen atoms in total. The molecule has 2 heterocycles. The lowest BCUT2D eigenvalue weighted by Gasteiger charge is -2.12. The first-order valence-electron chi connectivity index (χ1n) is 7.10. The first-order chi connectivity index (χ1) is 11.6. The number of primary amides is 1. The Bertz CT molecular complexity index is 932. The smallest absolute Gasteiger partial charge is 0.272 e. The summed E-state index contributed by atoms with van der Waals surface area (Å²) in [6.07, 6.45) is 0. The van der Waals surface area contributed by atoms with E-state index in [1.807, 2.05) is 29.6 Å². The molecule has 0 atom stereocenters. The van der Waals surface area contributed by atoms with E-state index in [0.29, 0.717) is 21.9 Å². The van der Waals surface area contributed by atoms with Crippen molar-refractivity contribution >= 4 is 39.2 Å². The highest BCUT2D eigenvalue weighted by molar-refractivity contribution is 7.99. The SMILES string of the molecule is COc1ccc(Cn2c(SCC(N)=O)nc3ccsc3c2=O)cc1. The van der Waals surface area contributed by atoms with Crippen LogP contribution in [0.1, 0.15) is 5.56 Å². The molecule has 3 aromatic rings. The summed E-state index contributed by atoms with van der Waals surface area (Å²) in [5.41, 5.74) is 6.69. The quantitative estimate of drug-likeness (QED) is 0.537. The van der Waals surface area contributed by atoms with Gasteiger partial charge in [0.2, 0.25) is 5.91 Å². The topological polar surface area (TPSA) is 87.2 Å². The van der Waals surface area contributed by atoms with E-state index >= 15 is 0 Å². The Hall–Kier alpha value is -2.32. The molecule has 3 rings (SSSR count). The monoisotopic (exact) mass is 361 g/mol.